The zero-order valence-electron chi connectivity index (χ0n) is 43.3. The Morgan fingerprint density at radius 1 is 0.914 bits per heavy atom. The number of carboxylic acids is 1. The average Bonchev–Trinajstić information content (AvgIpc) is 4.20. The smallest absolute Gasteiger partial charge is 0.306 e. The molecule has 2 bridgehead atoms. The Morgan fingerprint density at radius 2 is 1.64 bits per heavy atom. The number of likely N-dealkylation sites (N-methyl/N-ethyl adjacent to an activating group) is 1. The van der Waals surface area contributed by atoms with Crippen molar-refractivity contribution in [3.05, 3.63) is 41.7 Å². The van der Waals surface area contributed by atoms with Crippen molar-refractivity contribution in [2.24, 2.45) is 41.4 Å². The van der Waals surface area contributed by atoms with E-state index in [1.807, 2.05) is 60.9 Å². The van der Waals surface area contributed by atoms with Gasteiger partial charge in [-0.05, 0) is 80.6 Å². The Hall–Kier alpha value is -5.06. The summed E-state index contributed by atoms with van der Waals surface area (Å²) in [5.74, 6) is -3.38. The number of H-pyrrole nitrogens is 1. The van der Waals surface area contributed by atoms with Crippen LogP contribution < -0.4 is 5.32 Å². The summed E-state index contributed by atoms with van der Waals surface area (Å²) in [6, 6.07) is 8.79. The molecule has 0 radical (unpaired) electrons. The van der Waals surface area contributed by atoms with Crippen molar-refractivity contribution in [2.75, 3.05) is 27.2 Å². The van der Waals surface area contributed by atoms with E-state index in [0.29, 0.717) is 44.6 Å². The van der Waals surface area contributed by atoms with E-state index < -0.39 is 36.0 Å². The monoisotopic (exact) mass is 975 g/mol. The number of unbranched alkanes of at least 4 members (excludes halogenated alkanes) is 2. The highest BCUT2D eigenvalue weighted by atomic mass is 16.5. The number of carbonyl (C=O) groups excluding carboxylic acids is 6. The lowest BCUT2D eigenvalue weighted by Gasteiger charge is -2.41. The lowest BCUT2D eigenvalue weighted by molar-refractivity contribution is -0.149. The van der Waals surface area contributed by atoms with Crippen LogP contribution in [0.1, 0.15) is 156 Å². The van der Waals surface area contributed by atoms with Crippen LogP contribution in [0.2, 0.25) is 0 Å². The van der Waals surface area contributed by atoms with E-state index >= 15 is 0 Å². The molecule has 388 valence electrons. The number of methoxy groups -OCH3 is 1. The van der Waals surface area contributed by atoms with Gasteiger partial charge in [-0.15, -0.1) is 10.2 Å². The van der Waals surface area contributed by atoms with Gasteiger partial charge >= 0.3 is 5.97 Å². The van der Waals surface area contributed by atoms with E-state index in [4.69, 9.17) is 9.84 Å². The fourth-order valence-corrected chi connectivity index (χ4v) is 11.6. The number of carboxylic acid groups (broad SMARTS) is 1. The maximum absolute atomic E-state index is 14.8. The fourth-order valence-electron chi connectivity index (χ4n) is 11.6. The van der Waals surface area contributed by atoms with Crippen LogP contribution in [0.4, 0.5) is 0 Å². The Labute approximate surface area is 415 Å². The first kappa shape index (κ1) is 55.9. The molecular weight excluding hydrogens is 893 g/mol. The van der Waals surface area contributed by atoms with Gasteiger partial charge in [0.05, 0.1) is 30.5 Å². The van der Waals surface area contributed by atoms with Crippen molar-refractivity contribution in [3.8, 4) is 0 Å². The lowest BCUT2D eigenvalue weighted by atomic mass is 9.81. The first-order valence-electron chi connectivity index (χ1n) is 26.1. The largest absolute Gasteiger partial charge is 0.481 e. The summed E-state index contributed by atoms with van der Waals surface area (Å²) in [7, 11) is 3.35. The van der Waals surface area contributed by atoms with Gasteiger partial charge in [-0.3, -0.25) is 33.6 Å². The van der Waals surface area contributed by atoms with Crippen LogP contribution in [0.3, 0.4) is 0 Å². The molecule has 1 unspecified atom stereocenters. The van der Waals surface area contributed by atoms with Crippen molar-refractivity contribution >= 4 is 41.2 Å². The van der Waals surface area contributed by atoms with Crippen LogP contribution in [-0.4, -0.2) is 139 Å². The minimum absolute atomic E-state index is 0.00879. The molecule has 2 saturated heterocycles. The molecule has 2 aromatic rings. The van der Waals surface area contributed by atoms with E-state index in [1.54, 1.807) is 19.1 Å². The maximum atomic E-state index is 14.8. The number of nitrogens with zero attached hydrogens (tertiary/aromatic N) is 6. The van der Waals surface area contributed by atoms with Crippen LogP contribution in [-0.2, 0) is 44.7 Å². The van der Waals surface area contributed by atoms with Crippen LogP contribution in [0, 0.1) is 41.4 Å². The fraction of sp³-hybridized carbons (Fsp3) is 0.736. The first-order chi connectivity index (χ1) is 33.4. The van der Waals surface area contributed by atoms with Gasteiger partial charge in [0.15, 0.2) is 11.6 Å². The highest BCUT2D eigenvalue weighted by molar-refractivity contribution is 5.94. The number of piperidine rings is 1. The van der Waals surface area contributed by atoms with Crippen molar-refractivity contribution in [3.63, 3.8) is 0 Å². The molecule has 17 heteroatoms. The lowest BCUT2D eigenvalue weighted by Crippen LogP contribution is -2.54. The van der Waals surface area contributed by atoms with Crippen LogP contribution in [0.15, 0.2) is 30.3 Å². The number of rotatable bonds is 29. The van der Waals surface area contributed by atoms with Gasteiger partial charge < -0.3 is 29.9 Å². The molecule has 17 nitrogen and oxygen atoms in total. The van der Waals surface area contributed by atoms with E-state index in [1.165, 1.54) is 6.92 Å². The molecule has 4 amide bonds. The molecule has 1 aromatic carbocycles. The van der Waals surface area contributed by atoms with E-state index in [2.05, 4.69) is 46.7 Å². The molecular formula is C53H82N8O9. The minimum Gasteiger partial charge on any atom is -0.481 e. The standard InChI is InChI=1S/C53H82N8O9/c1-10-33(4)49(45(70-9)31-48(66)60-25-17-20-42(60)35(6)36(7)43(62)29-39(51-55-57-58-56-51)27-37-18-13-11-14-19-37)59(8)52(67)41(32(2)3)30-44(63)50-38-22-23-40(28-38)61(50)47(65)21-15-12-16-24-54-46(64)26-34(5)53(68)69/h11,13-14,18-19,32-36,38-42,45,49-50H,10,12,15-17,20-31H2,1-9H3,(H,54,64)(H,68,69)(H,55,56,57,58)/t33-,34?,35+,36+,38-,39+,40+,41-,42-,45+,49-,50-/m0/s1. The van der Waals surface area contributed by atoms with Crippen molar-refractivity contribution < 1.29 is 43.4 Å². The number of carbonyl (C=O) groups is 7. The van der Waals surface area contributed by atoms with Gasteiger partial charge in [0.1, 0.15) is 5.78 Å². The normalized spacial score (nSPS) is 22.2. The number of ketones is 2. The van der Waals surface area contributed by atoms with E-state index in [9.17, 15) is 33.6 Å². The molecule has 12 atom stereocenters. The highest BCUT2D eigenvalue weighted by Gasteiger charge is 2.51. The molecule has 3 aliphatic rings. The first-order valence-corrected chi connectivity index (χ1v) is 26.1. The van der Waals surface area contributed by atoms with Gasteiger partial charge in [0.2, 0.25) is 23.6 Å². The average molecular weight is 975 g/mol. The number of aromatic nitrogens is 4. The molecule has 2 aliphatic heterocycles. The zero-order chi connectivity index (χ0) is 51.2. The van der Waals surface area contributed by atoms with Crippen molar-refractivity contribution in [1.29, 1.82) is 0 Å². The Kier molecular flexibility index (Phi) is 21.1. The third-order valence-corrected chi connectivity index (χ3v) is 16.2. The van der Waals surface area contributed by atoms with Gasteiger partial charge in [0, 0.05) is 82.8 Å². The van der Waals surface area contributed by atoms with Crippen LogP contribution >= 0.6 is 0 Å². The molecule has 1 aliphatic carbocycles. The van der Waals surface area contributed by atoms with Gasteiger partial charge in [-0.1, -0.05) is 96.9 Å². The summed E-state index contributed by atoms with van der Waals surface area (Å²) in [6.07, 6.45) is 7.26. The van der Waals surface area contributed by atoms with Crippen LogP contribution in [0.5, 0.6) is 0 Å². The number of benzene rings is 1. The van der Waals surface area contributed by atoms with Crippen LogP contribution in [0.25, 0.3) is 0 Å². The van der Waals surface area contributed by atoms with E-state index in [0.717, 1.165) is 44.1 Å². The van der Waals surface area contributed by atoms with Gasteiger partial charge in [-0.25, -0.2) is 0 Å². The number of Topliss-reactive ketones (excluding diaryl/α,β-unsaturated/α-hetero) is 2. The predicted molar refractivity (Wildman–Crippen MR) is 264 cm³/mol. The molecule has 3 N–H and O–H groups in total. The third-order valence-electron chi connectivity index (χ3n) is 16.2. The summed E-state index contributed by atoms with van der Waals surface area (Å²) in [5, 5.41) is 26.6. The summed E-state index contributed by atoms with van der Waals surface area (Å²) in [4.78, 5) is 100. The number of likely N-dealkylation sites (tertiary alicyclic amines) is 2. The zero-order valence-corrected chi connectivity index (χ0v) is 43.3. The molecule has 1 aromatic heterocycles. The summed E-state index contributed by atoms with van der Waals surface area (Å²) in [5.41, 5.74) is 1.08. The summed E-state index contributed by atoms with van der Waals surface area (Å²) < 4.78 is 6.14. The minimum atomic E-state index is -1.01. The Morgan fingerprint density at radius 3 is 2.29 bits per heavy atom. The van der Waals surface area contributed by atoms with Crippen molar-refractivity contribution in [2.45, 2.75) is 181 Å². The molecule has 3 heterocycles. The number of fused-ring (bicyclic) bond motifs is 2. The number of hydrogen-bond donors (Lipinski definition) is 3. The second-order valence-corrected chi connectivity index (χ2v) is 21.2. The maximum Gasteiger partial charge on any atom is 0.306 e. The molecule has 3 fully saturated rings. The number of aromatic amines is 1. The number of ether oxygens (including phenoxy) is 1. The Balaban J connectivity index is 1.19. The number of hydrogen-bond acceptors (Lipinski definition) is 11. The predicted octanol–water partition coefficient (Wildman–Crippen LogP) is 6.42. The highest BCUT2D eigenvalue weighted by Crippen LogP contribution is 2.44. The van der Waals surface area contributed by atoms with E-state index in [-0.39, 0.29) is 115 Å². The second kappa shape index (κ2) is 26.4. The topological polar surface area (TPSA) is 225 Å². The molecule has 5 rings (SSSR count). The number of nitrogens with one attached hydrogen (secondary N) is 2. The molecule has 70 heavy (non-hydrogen) atoms. The quantitative estimate of drug-likeness (QED) is 0.0751. The Bertz CT molecular complexity index is 2050. The molecule has 1 saturated carbocycles. The summed E-state index contributed by atoms with van der Waals surface area (Å²) >= 11 is 0. The van der Waals surface area contributed by atoms with Gasteiger partial charge in [0.25, 0.3) is 0 Å². The number of amides is 4. The van der Waals surface area contributed by atoms with Crippen molar-refractivity contribution in [1.82, 2.24) is 40.6 Å². The van der Waals surface area contributed by atoms with Gasteiger partial charge in [-0.2, -0.15) is 5.21 Å². The second-order valence-electron chi connectivity index (χ2n) is 21.2. The SMILES string of the molecule is CC[C@H](C)[C@@H]([C@@H](CC(=O)N1CCC[C@H]1[C@H](C)[C@@H](C)C(=O)C[C@@H](Cc1ccccc1)c1nn[nH]n1)OC)N(C)C(=O)[C@@H](CC(=O)[C@@H]1[C@H]2CC[C@H](C2)N1C(=O)CCCCCNC(=O)CC(C)C(=O)O)C(C)C. The number of aliphatic carboxylic acids is 1. The summed E-state index contributed by atoms with van der Waals surface area (Å²) in [6.45, 7) is 14.5. The molecule has 0 spiro atoms. The number of tetrazole rings is 1. The third kappa shape index (κ3) is 14.3.